The van der Waals surface area contributed by atoms with Gasteiger partial charge in [0, 0.05) is 0 Å². The Labute approximate surface area is 81.7 Å². The van der Waals surface area contributed by atoms with Gasteiger partial charge in [-0.3, -0.25) is 0 Å². The van der Waals surface area contributed by atoms with E-state index in [2.05, 4.69) is 9.98 Å². The van der Waals surface area contributed by atoms with Crippen LogP contribution >= 0.6 is 0 Å². The highest BCUT2D eigenvalue weighted by Crippen LogP contribution is 2.30. The zero-order valence-electron chi connectivity index (χ0n) is 7.34. The number of hydrogen-bond acceptors (Lipinski definition) is 4. The Hall–Kier alpha value is -1.52. The second-order valence-corrected chi connectivity index (χ2v) is 2.70. The maximum absolute atomic E-state index is 12.6. The van der Waals surface area contributed by atoms with Crippen molar-refractivity contribution >= 4 is 12.2 Å². The van der Waals surface area contributed by atoms with Gasteiger partial charge in [0.1, 0.15) is 13.1 Å². The van der Waals surface area contributed by atoms with Crippen LogP contribution in [0.1, 0.15) is 6.42 Å². The van der Waals surface area contributed by atoms with E-state index in [1.165, 1.54) is 0 Å². The molecule has 0 aliphatic rings. The lowest BCUT2D eigenvalue weighted by Crippen LogP contribution is -2.33. The van der Waals surface area contributed by atoms with Crippen LogP contribution in [0.3, 0.4) is 0 Å². The van der Waals surface area contributed by atoms with E-state index in [1.54, 1.807) is 0 Å². The number of hydrogen-bond donors (Lipinski definition) is 0. The maximum Gasteiger partial charge on any atom is 0.273 e. The lowest BCUT2D eigenvalue weighted by Gasteiger charge is -2.19. The Morgan fingerprint density at radius 1 is 0.867 bits per heavy atom. The summed E-state index contributed by atoms with van der Waals surface area (Å²) in [7, 11) is 0. The van der Waals surface area contributed by atoms with Crippen LogP contribution in [-0.2, 0) is 9.59 Å². The SMILES string of the molecule is O=C=NCC(F)(F)CC(F)(F)CN=C=O. The monoisotopic (exact) mass is 226 g/mol. The summed E-state index contributed by atoms with van der Waals surface area (Å²) in [6.07, 6.45) is -0.203. The predicted octanol–water partition coefficient (Wildman–Crippen LogP) is 1.32. The standard InChI is InChI=1S/C7H6F4N2O2/c8-6(9,2-12-4-14)1-7(10,11)3-13-5-15/h1-3H2. The third kappa shape index (κ3) is 6.54. The molecule has 0 bridgehead atoms. The van der Waals surface area contributed by atoms with Gasteiger partial charge < -0.3 is 0 Å². The summed E-state index contributed by atoms with van der Waals surface area (Å²) >= 11 is 0. The Bertz CT molecular complexity index is 276. The first kappa shape index (κ1) is 13.5. The van der Waals surface area contributed by atoms with E-state index < -0.39 is 31.4 Å². The van der Waals surface area contributed by atoms with E-state index in [-0.39, 0.29) is 0 Å². The van der Waals surface area contributed by atoms with Crippen LogP contribution in [-0.4, -0.2) is 37.1 Å². The van der Waals surface area contributed by atoms with Crippen molar-refractivity contribution in [1.29, 1.82) is 0 Å². The Balaban J connectivity index is 4.40. The van der Waals surface area contributed by atoms with Crippen molar-refractivity contribution < 1.29 is 27.2 Å². The summed E-state index contributed by atoms with van der Waals surface area (Å²) in [4.78, 5) is 24.0. The molecule has 15 heavy (non-hydrogen) atoms. The summed E-state index contributed by atoms with van der Waals surface area (Å²) in [5.74, 6) is -7.67. The smallest absolute Gasteiger partial charge is 0.211 e. The molecule has 0 N–H and O–H groups in total. The van der Waals surface area contributed by atoms with Crippen LogP contribution in [0.2, 0.25) is 0 Å². The minimum atomic E-state index is -3.83. The maximum atomic E-state index is 12.6. The van der Waals surface area contributed by atoms with Gasteiger partial charge in [0.05, 0.1) is 6.42 Å². The van der Waals surface area contributed by atoms with Crippen molar-refractivity contribution in [2.24, 2.45) is 9.98 Å². The Morgan fingerprint density at radius 2 is 1.20 bits per heavy atom. The number of rotatable bonds is 6. The average Bonchev–Trinajstić information content (AvgIpc) is 2.10. The quantitative estimate of drug-likeness (QED) is 0.389. The Morgan fingerprint density at radius 3 is 1.47 bits per heavy atom. The van der Waals surface area contributed by atoms with Crippen LogP contribution in [0.4, 0.5) is 17.6 Å². The fourth-order valence-corrected chi connectivity index (χ4v) is 0.786. The lowest BCUT2D eigenvalue weighted by atomic mass is 10.1. The minimum absolute atomic E-state index is 0.817. The van der Waals surface area contributed by atoms with Gasteiger partial charge in [-0.2, -0.15) is 9.98 Å². The van der Waals surface area contributed by atoms with E-state index in [9.17, 15) is 27.2 Å². The molecule has 0 saturated carbocycles. The molecule has 8 heteroatoms. The van der Waals surface area contributed by atoms with E-state index in [1.807, 2.05) is 0 Å². The minimum Gasteiger partial charge on any atom is -0.211 e. The van der Waals surface area contributed by atoms with Crippen LogP contribution in [0.5, 0.6) is 0 Å². The third-order valence-corrected chi connectivity index (χ3v) is 1.27. The molecule has 0 saturated heterocycles. The molecular formula is C7H6F4N2O2. The number of nitrogens with zero attached hydrogens (tertiary/aromatic N) is 2. The molecule has 0 heterocycles. The van der Waals surface area contributed by atoms with Crippen LogP contribution in [0, 0.1) is 0 Å². The molecule has 0 aliphatic heterocycles. The first-order chi connectivity index (χ1) is 6.83. The molecule has 0 unspecified atom stereocenters. The molecule has 0 fully saturated rings. The number of alkyl halides is 4. The summed E-state index contributed by atoms with van der Waals surface area (Å²) < 4.78 is 50.6. The molecule has 0 spiro atoms. The van der Waals surface area contributed by atoms with Crippen molar-refractivity contribution in [1.82, 2.24) is 0 Å². The lowest BCUT2D eigenvalue weighted by molar-refractivity contribution is -0.0989. The molecule has 0 atom stereocenters. The van der Waals surface area contributed by atoms with E-state index in [0.29, 0.717) is 0 Å². The van der Waals surface area contributed by atoms with E-state index in [0.717, 1.165) is 12.2 Å². The van der Waals surface area contributed by atoms with Gasteiger partial charge in [0.25, 0.3) is 11.8 Å². The highest BCUT2D eigenvalue weighted by molar-refractivity contribution is 5.33. The molecule has 4 nitrogen and oxygen atoms in total. The molecule has 0 aromatic rings. The Kier molecular flexibility index (Phi) is 4.84. The molecule has 0 rings (SSSR count). The molecular weight excluding hydrogens is 220 g/mol. The number of halogens is 4. The van der Waals surface area contributed by atoms with Crippen LogP contribution in [0.15, 0.2) is 9.98 Å². The normalized spacial score (nSPS) is 11.5. The van der Waals surface area contributed by atoms with Crippen molar-refractivity contribution in [2.45, 2.75) is 18.3 Å². The first-order valence-electron chi connectivity index (χ1n) is 3.66. The number of carbonyl (C=O) groups excluding carboxylic acids is 2. The summed E-state index contributed by atoms with van der Waals surface area (Å²) in [5, 5.41) is 0. The summed E-state index contributed by atoms with van der Waals surface area (Å²) in [5.41, 5.74) is 0. The number of isocyanates is 2. The van der Waals surface area contributed by atoms with Gasteiger partial charge >= 0.3 is 0 Å². The van der Waals surface area contributed by atoms with Crippen molar-refractivity contribution in [3.05, 3.63) is 0 Å². The largest absolute Gasteiger partial charge is 0.273 e. The van der Waals surface area contributed by atoms with Gasteiger partial charge in [-0.05, 0) is 0 Å². The van der Waals surface area contributed by atoms with E-state index >= 15 is 0 Å². The van der Waals surface area contributed by atoms with E-state index in [4.69, 9.17) is 0 Å². The fourth-order valence-electron chi connectivity index (χ4n) is 0.786. The van der Waals surface area contributed by atoms with Gasteiger partial charge in [-0.15, -0.1) is 0 Å². The van der Waals surface area contributed by atoms with Gasteiger partial charge in [-0.25, -0.2) is 27.2 Å². The van der Waals surface area contributed by atoms with Gasteiger partial charge in [0.2, 0.25) is 12.2 Å². The van der Waals surface area contributed by atoms with Crippen molar-refractivity contribution in [3.8, 4) is 0 Å². The van der Waals surface area contributed by atoms with Gasteiger partial charge in [0.15, 0.2) is 0 Å². The highest BCUT2D eigenvalue weighted by atomic mass is 19.3. The highest BCUT2D eigenvalue weighted by Gasteiger charge is 2.43. The second-order valence-electron chi connectivity index (χ2n) is 2.70. The average molecular weight is 226 g/mol. The summed E-state index contributed by atoms with van der Waals surface area (Å²) in [6.45, 7) is -2.73. The van der Waals surface area contributed by atoms with Gasteiger partial charge in [-0.1, -0.05) is 0 Å². The van der Waals surface area contributed by atoms with Crippen molar-refractivity contribution in [2.75, 3.05) is 13.1 Å². The zero-order valence-corrected chi connectivity index (χ0v) is 7.34. The second kappa shape index (κ2) is 5.38. The molecule has 84 valence electrons. The first-order valence-corrected chi connectivity index (χ1v) is 3.66. The molecule has 0 aliphatic carbocycles. The number of aliphatic imine (C=N–C) groups is 2. The molecule has 0 aromatic heterocycles. The van der Waals surface area contributed by atoms with Crippen LogP contribution < -0.4 is 0 Å². The molecule has 0 aromatic carbocycles. The molecule has 0 radical (unpaired) electrons. The predicted molar refractivity (Wildman–Crippen MR) is 40.5 cm³/mol. The third-order valence-electron chi connectivity index (χ3n) is 1.27. The fraction of sp³-hybridized carbons (Fsp3) is 0.714. The molecule has 0 amide bonds. The summed E-state index contributed by atoms with van der Waals surface area (Å²) in [6, 6.07) is 0. The topological polar surface area (TPSA) is 58.9 Å². The van der Waals surface area contributed by atoms with Crippen molar-refractivity contribution in [3.63, 3.8) is 0 Å². The van der Waals surface area contributed by atoms with Crippen LogP contribution in [0.25, 0.3) is 0 Å². The zero-order chi connectivity index (χ0) is 11.9.